The summed E-state index contributed by atoms with van der Waals surface area (Å²) < 4.78 is 5.92. The van der Waals surface area contributed by atoms with E-state index in [9.17, 15) is 4.79 Å². The molecule has 0 spiro atoms. The third-order valence-electron chi connectivity index (χ3n) is 4.96. The van der Waals surface area contributed by atoms with E-state index in [1.807, 2.05) is 84.9 Å². The number of rotatable bonds is 7. The molecule has 2 unspecified atom stereocenters. The molecule has 0 saturated carbocycles. The van der Waals surface area contributed by atoms with Crippen LogP contribution in [0.15, 0.2) is 90.0 Å². The molecule has 2 atom stereocenters. The number of hydrogen-bond donors (Lipinski definition) is 3. The fourth-order valence-corrected chi connectivity index (χ4v) is 3.33. The summed E-state index contributed by atoms with van der Waals surface area (Å²) >= 11 is 0. The minimum atomic E-state index is -0.350. The van der Waals surface area contributed by atoms with Crippen LogP contribution in [0.1, 0.15) is 29.2 Å². The van der Waals surface area contributed by atoms with Gasteiger partial charge in [0, 0.05) is 11.6 Å². The molecule has 4 rings (SSSR count). The quantitative estimate of drug-likeness (QED) is 0.420. The molecule has 6 nitrogen and oxygen atoms in total. The summed E-state index contributed by atoms with van der Waals surface area (Å²) in [6, 6.07) is 27.4. The number of benzene rings is 3. The van der Waals surface area contributed by atoms with E-state index in [4.69, 9.17) is 4.74 Å². The predicted molar refractivity (Wildman–Crippen MR) is 117 cm³/mol. The third-order valence-corrected chi connectivity index (χ3v) is 4.96. The van der Waals surface area contributed by atoms with E-state index in [2.05, 4.69) is 21.4 Å². The van der Waals surface area contributed by atoms with Crippen LogP contribution in [0.25, 0.3) is 0 Å². The zero-order valence-electron chi connectivity index (χ0n) is 16.5. The van der Waals surface area contributed by atoms with E-state index in [1.54, 1.807) is 6.21 Å². The van der Waals surface area contributed by atoms with Gasteiger partial charge in [0.2, 0.25) is 0 Å². The summed E-state index contributed by atoms with van der Waals surface area (Å²) in [6.45, 7) is 0.469. The topological polar surface area (TPSA) is 74.8 Å². The molecule has 1 aliphatic rings. The molecule has 3 aromatic rings. The van der Waals surface area contributed by atoms with Crippen molar-refractivity contribution in [3.8, 4) is 5.75 Å². The molecule has 1 heterocycles. The molecular formula is C24H24N4O2. The Morgan fingerprint density at radius 2 is 1.67 bits per heavy atom. The molecule has 1 saturated heterocycles. The highest BCUT2D eigenvalue weighted by molar-refractivity contribution is 5.86. The second kappa shape index (κ2) is 9.82. The Labute approximate surface area is 175 Å². The normalized spacial score (nSPS) is 18.4. The number of hydrazine groups is 1. The second-order valence-electron chi connectivity index (χ2n) is 7.09. The van der Waals surface area contributed by atoms with Crippen LogP contribution in [0.5, 0.6) is 5.75 Å². The van der Waals surface area contributed by atoms with Gasteiger partial charge in [-0.3, -0.25) is 4.79 Å². The number of carbonyl (C=O) groups is 1. The Morgan fingerprint density at radius 1 is 0.967 bits per heavy atom. The lowest BCUT2D eigenvalue weighted by Crippen LogP contribution is -2.41. The Balaban J connectivity index is 1.32. The lowest BCUT2D eigenvalue weighted by atomic mass is 10.0. The molecule has 3 N–H and O–H groups in total. The van der Waals surface area contributed by atoms with Crippen molar-refractivity contribution >= 4 is 12.1 Å². The molecule has 0 aliphatic carbocycles. The number of nitrogens with one attached hydrogen (secondary N) is 3. The van der Waals surface area contributed by atoms with Gasteiger partial charge in [-0.2, -0.15) is 5.10 Å². The summed E-state index contributed by atoms with van der Waals surface area (Å²) in [6.07, 6.45) is 2.26. The molecule has 0 bridgehead atoms. The second-order valence-corrected chi connectivity index (χ2v) is 7.09. The summed E-state index contributed by atoms with van der Waals surface area (Å²) in [5, 5.41) is 4.13. The van der Waals surface area contributed by atoms with Gasteiger partial charge in [0.05, 0.1) is 6.21 Å². The number of carbonyl (C=O) groups excluding carboxylic acids is 1. The Hall–Kier alpha value is -3.48. The molecule has 3 aromatic carbocycles. The van der Waals surface area contributed by atoms with Crippen LogP contribution in [0.4, 0.5) is 0 Å². The van der Waals surface area contributed by atoms with Crippen molar-refractivity contribution in [1.29, 1.82) is 0 Å². The highest BCUT2D eigenvalue weighted by atomic mass is 16.5. The van der Waals surface area contributed by atoms with Gasteiger partial charge in [0.1, 0.15) is 18.4 Å². The van der Waals surface area contributed by atoms with Crippen molar-refractivity contribution in [3.05, 3.63) is 102 Å². The van der Waals surface area contributed by atoms with Crippen LogP contribution in [0, 0.1) is 0 Å². The van der Waals surface area contributed by atoms with Crippen molar-refractivity contribution < 1.29 is 9.53 Å². The average molecular weight is 400 g/mol. The molecular weight excluding hydrogens is 376 g/mol. The van der Waals surface area contributed by atoms with Crippen molar-refractivity contribution in [2.75, 3.05) is 0 Å². The number of ether oxygens (including phenoxy) is 1. The van der Waals surface area contributed by atoms with Gasteiger partial charge in [-0.15, -0.1) is 0 Å². The first-order chi connectivity index (χ1) is 14.8. The van der Waals surface area contributed by atoms with Gasteiger partial charge >= 0.3 is 0 Å². The van der Waals surface area contributed by atoms with Crippen molar-refractivity contribution in [1.82, 2.24) is 16.3 Å². The maximum absolute atomic E-state index is 12.4. The highest BCUT2D eigenvalue weighted by Crippen LogP contribution is 2.22. The highest BCUT2D eigenvalue weighted by Gasteiger charge is 2.29. The molecule has 1 amide bonds. The van der Waals surface area contributed by atoms with Gasteiger partial charge in [-0.05, 0) is 29.7 Å². The smallest absolute Gasteiger partial charge is 0.258 e. The molecule has 152 valence electrons. The summed E-state index contributed by atoms with van der Waals surface area (Å²) in [4.78, 5) is 12.4. The predicted octanol–water partition coefficient (Wildman–Crippen LogP) is 3.32. The monoisotopic (exact) mass is 400 g/mol. The van der Waals surface area contributed by atoms with Crippen LogP contribution >= 0.6 is 0 Å². The number of amides is 1. The van der Waals surface area contributed by atoms with Crippen molar-refractivity contribution in [2.24, 2.45) is 5.10 Å². The van der Waals surface area contributed by atoms with Gasteiger partial charge < -0.3 is 4.74 Å². The summed E-state index contributed by atoms with van der Waals surface area (Å²) in [7, 11) is 0. The summed E-state index contributed by atoms with van der Waals surface area (Å²) in [5.74, 6) is 0.531. The zero-order chi connectivity index (χ0) is 20.6. The molecule has 1 fully saturated rings. The summed E-state index contributed by atoms with van der Waals surface area (Å²) in [5.41, 5.74) is 11.9. The first-order valence-corrected chi connectivity index (χ1v) is 9.94. The number of nitrogens with zero attached hydrogens (tertiary/aromatic N) is 1. The van der Waals surface area contributed by atoms with Crippen molar-refractivity contribution in [3.63, 3.8) is 0 Å². The van der Waals surface area contributed by atoms with E-state index in [0.717, 1.165) is 16.7 Å². The number of hydrogen-bond acceptors (Lipinski definition) is 5. The van der Waals surface area contributed by atoms with Crippen LogP contribution in [-0.4, -0.2) is 18.2 Å². The molecule has 30 heavy (non-hydrogen) atoms. The fourth-order valence-electron chi connectivity index (χ4n) is 3.33. The van der Waals surface area contributed by atoms with Gasteiger partial charge in [0.25, 0.3) is 5.91 Å². The third kappa shape index (κ3) is 5.11. The van der Waals surface area contributed by atoms with E-state index in [-0.39, 0.29) is 18.0 Å². The lowest BCUT2D eigenvalue weighted by Gasteiger charge is -2.10. The first kappa shape index (κ1) is 19.8. The fraction of sp³-hybridized carbons (Fsp3) is 0.167. The molecule has 6 heteroatoms. The minimum absolute atomic E-state index is 0.0954. The Kier molecular flexibility index (Phi) is 6.49. The molecule has 1 aliphatic heterocycles. The minimum Gasteiger partial charge on any atom is -0.488 e. The average Bonchev–Trinajstić information content (AvgIpc) is 3.30. The maximum Gasteiger partial charge on any atom is 0.258 e. The first-order valence-electron chi connectivity index (χ1n) is 9.94. The standard InChI is InChI=1S/C24H24N4O2/c29-24(22-15-21(26-27-22)19-11-5-2-6-12-19)28-25-16-20-13-7-8-14-23(20)30-17-18-9-3-1-4-10-18/h1-14,16,21-22,26-27H,15,17H2,(H,28,29)/b25-16-. The SMILES string of the molecule is O=C(N/N=C\c1ccccc1OCc1ccccc1)C1CC(c2ccccc2)NN1. The lowest BCUT2D eigenvalue weighted by molar-refractivity contribution is -0.122. The van der Waals surface area contributed by atoms with Gasteiger partial charge in [0.15, 0.2) is 0 Å². The van der Waals surface area contributed by atoms with E-state index in [1.165, 1.54) is 0 Å². The van der Waals surface area contributed by atoms with Gasteiger partial charge in [-0.1, -0.05) is 72.8 Å². The maximum atomic E-state index is 12.4. The van der Waals surface area contributed by atoms with Crippen LogP contribution in [-0.2, 0) is 11.4 Å². The number of hydrazone groups is 1. The van der Waals surface area contributed by atoms with E-state index < -0.39 is 0 Å². The van der Waals surface area contributed by atoms with Crippen LogP contribution < -0.4 is 21.0 Å². The van der Waals surface area contributed by atoms with E-state index in [0.29, 0.717) is 18.8 Å². The largest absolute Gasteiger partial charge is 0.488 e. The van der Waals surface area contributed by atoms with Crippen molar-refractivity contribution in [2.45, 2.75) is 25.1 Å². The Bertz CT molecular complexity index is 992. The van der Waals surface area contributed by atoms with Gasteiger partial charge in [-0.25, -0.2) is 16.3 Å². The van der Waals surface area contributed by atoms with Crippen LogP contribution in [0.3, 0.4) is 0 Å². The zero-order valence-corrected chi connectivity index (χ0v) is 16.5. The van der Waals surface area contributed by atoms with E-state index >= 15 is 0 Å². The number of para-hydroxylation sites is 1. The molecule has 0 aromatic heterocycles. The van der Waals surface area contributed by atoms with Crippen LogP contribution in [0.2, 0.25) is 0 Å². The Morgan fingerprint density at radius 3 is 2.47 bits per heavy atom. The molecule has 0 radical (unpaired) electrons.